The highest BCUT2D eigenvalue weighted by atomic mass is 19.1. The number of nitrogens with zero attached hydrogens (tertiary/aromatic N) is 3. The molecule has 4 rings (SSSR count). The normalized spacial score (nSPS) is 17.5. The molecule has 0 spiro atoms. The van der Waals surface area contributed by atoms with Gasteiger partial charge in [0.2, 0.25) is 0 Å². The topological polar surface area (TPSA) is 55.9 Å². The van der Waals surface area contributed by atoms with Crippen LogP contribution in [0.5, 0.6) is 0 Å². The summed E-state index contributed by atoms with van der Waals surface area (Å²) >= 11 is 0. The van der Waals surface area contributed by atoms with Crippen LogP contribution in [-0.4, -0.2) is 60.9 Å². The van der Waals surface area contributed by atoms with Gasteiger partial charge in [-0.15, -0.1) is 0 Å². The first-order chi connectivity index (χ1) is 15.9. The zero-order chi connectivity index (χ0) is 23.5. The number of hydrogen-bond acceptors (Lipinski definition) is 5. The van der Waals surface area contributed by atoms with Crippen molar-refractivity contribution in [3.05, 3.63) is 65.6 Å². The summed E-state index contributed by atoms with van der Waals surface area (Å²) < 4.78 is 13.5. The van der Waals surface area contributed by atoms with Crippen LogP contribution in [0.25, 0.3) is 5.57 Å². The molecule has 0 saturated carbocycles. The van der Waals surface area contributed by atoms with E-state index < -0.39 is 0 Å². The Bertz CT molecular complexity index is 1040. The molecule has 33 heavy (non-hydrogen) atoms. The second-order valence-electron chi connectivity index (χ2n) is 8.96. The summed E-state index contributed by atoms with van der Waals surface area (Å²) in [6.45, 7) is 11.6. The Morgan fingerprint density at radius 3 is 2.12 bits per heavy atom. The molecule has 1 saturated heterocycles. The SMILES string of the molecule is CCN1CCN(c2ccc(NC3=C(c4ccc(F)cc4)C(=O)N(CC(C)C)C3=O)cc2)CC1. The quantitative estimate of drug-likeness (QED) is 0.650. The number of rotatable bonds is 7. The minimum Gasteiger partial charge on any atom is -0.369 e. The average molecular weight is 451 g/mol. The molecule has 0 bridgehead atoms. The number of nitrogens with one attached hydrogen (secondary N) is 1. The molecule has 2 aromatic carbocycles. The van der Waals surface area contributed by atoms with Crippen molar-refractivity contribution in [2.75, 3.05) is 49.5 Å². The molecule has 174 valence electrons. The third-order valence-corrected chi connectivity index (χ3v) is 6.17. The molecular formula is C26H31FN4O2. The second kappa shape index (κ2) is 9.75. The molecule has 2 amide bonds. The van der Waals surface area contributed by atoms with E-state index in [2.05, 4.69) is 22.0 Å². The summed E-state index contributed by atoms with van der Waals surface area (Å²) in [6, 6.07) is 13.6. The maximum Gasteiger partial charge on any atom is 0.278 e. The Morgan fingerprint density at radius 2 is 1.55 bits per heavy atom. The molecule has 1 N–H and O–H groups in total. The van der Waals surface area contributed by atoms with E-state index >= 15 is 0 Å². The summed E-state index contributed by atoms with van der Waals surface area (Å²) in [6.07, 6.45) is 0. The Labute approximate surface area is 194 Å². The molecule has 1 fully saturated rings. The highest BCUT2D eigenvalue weighted by Crippen LogP contribution is 2.31. The number of carbonyl (C=O) groups excluding carboxylic acids is 2. The van der Waals surface area contributed by atoms with Crippen molar-refractivity contribution in [1.82, 2.24) is 9.80 Å². The standard InChI is InChI=1S/C26H31FN4O2/c1-4-29-13-15-30(16-14-29)22-11-9-21(10-12-22)28-24-23(19-5-7-20(27)8-6-19)25(32)31(26(24)33)17-18(2)3/h5-12,18,28H,4,13-17H2,1-3H3. The fourth-order valence-electron chi connectivity index (χ4n) is 4.33. The maximum absolute atomic E-state index is 13.5. The van der Waals surface area contributed by atoms with Crippen LogP contribution in [0.4, 0.5) is 15.8 Å². The minimum absolute atomic E-state index is 0.138. The number of imide groups is 1. The average Bonchev–Trinajstić information content (AvgIpc) is 3.04. The third-order valence-electron chi connectivity index (χ3n) is 6.17. The Morgan fingerprint density at radius 1 is 0.909 bits per heavy atom. The molecule has 2 aliphatic heterocycles. The molecule has 0 unspecified atom stereocenters. The van der Waals surface area contributed by atoms with E-state index in [4.69, 9.17) is 0 Å². The minimum atomic E-state index is -0.389. The lowest BCUT2D eigenvalue weighted by Crippen LogP contribution is -2.46. The van der Waals surface area contributed by atoms with Crippen LogP contribution in [0.15, 0.2) is 54.2 Å². The summed E-state index contributed by atoms with van der Waals surface area (Å²) in [7, 11) is 0. The van der Waals surface area contributed by atoms with Crippen molar-refractivity contribution >= 4 is 28.8 Å². The van der Waals surface area contributed by atoms with Crippen molar-refractivity contribution in [3.8, 4) is 0 Å². The van der Waals surface area contributed by atoms with Gasteiger partial charge in [0.15, 0.2) is 0 Å². The second-order valence-corrected chi connectivity index (χ2v) is 8.96. The summed E-state index contributed by atoms with van der Waals surface area (Å²) in [4.78, 5) is 32.4. The van der Waals surface area contributed by atoms with Crippen molar-refractivity contribution in [1.29, 1.82) is 0 Å². The van der Waals surface area contributed by atoms with Gasteiger partial charge in [-0.3, -0.25) is 14.5 Å². The molecule has 0 radical (unpaired) electrons. The first-order valence-electron chi connectivity index (χ1n) is 11.6. The van der Waals surface area contributed by atoms with Gasteiger partial charge in [0.1, 0.15) is 11.5 Å². The van der Waals surface area contributed by atoms with Crippen molar-refractivity contribution in [3.63, 3.8) is 0 Å². The third kappa shape index (κ3) is 4.93. The van der Waals surface area contributed by atoms with Gasteiger partial charge in [0.25, 0.3) is 11.8 Å². The summed E-state index contributed by atoms with van der Waals surface area (Å²) in [5.41, 5.74) is 2.90. The zero-order valence-corrected chi connectivity index (χ0v) is 19.5. The van der Waals surface area contributed by atoms with Crippen molar-refractivity contribution < 1.29 is 14.0 Å². The zero-order valence-electron chi connectivity index (χ0n) is 19.5. The number of halogens is 1. The van der Waals surface area contributed by atoms with Crippen LogP contribution in [-0.2, 0) is 9.59 Å². The van der Waals surface area contributed by atoms with E-state index in [9.17, 15) is 14.0 Å². The summed E-state index contributed by atoms with van der Waals surface area (Å²) in [5.74, 6) is -0.958. The van der Waals surface area contributed by atoms with E-state index in [-0.39, 0.29) is 34.8 Å². The van der Waals surface area contributed by atoms with E-state index in [1.54, 1.807) is 0 Å². The Hall–Kier alpha value is -3.19. The van der Waals surface area contributed by atoms with Crippen molar-refractivity contribution in [2.45, 2.75) is 20.8 Å². The molecule has 0 aliphatic carbocycles. The van der Waals surface area contributed by atoms with Gasteiger partial charge in [0.05, 0.1) is 5.57 Å². The molecule has 2 heterocycles. The van der Waals surface area contributed by atoms with Gasteiger partial charge >= 0.3 is 0 Å². The Balaban J connectivity index is 1.58. The first-order valence-corrected chi connectivity index (χ1v) is 11.6. The van der Waals surface area contributed by atoms with Gasteiger partial charge in [-0.1, -0.05) is 32.9 Å². The molecule has 2 aromatic rings. The number of benzene rings is 2. The lowest BCUT2D eigenvalue weighted by Gasteiger charge is -2.35. The van der Waals surface area contributed by atoms with E-state index in [1.807, 2.05) is 38.1 Å². The van der Waals surface area contributed by atoms with Gasteiger partial charge in [-0.05, 0) is 54.4 Å². The monoisotopic (exact) mass is 450 g/mol. The molecule has 7 heteroatoms. The van der Waals surface area contributed by atoms with Crippen LogP contribution >= 0.6 is 0 Å². The first kappa shape index (κ1) is 23.0. The number of likely N-dealkylation sites (N-methyl/N-ethyl adjacent to an activating group) is 1. The van der Waals surface area contributed by atoms with Crippen LogP contribution < -0.4 is 10.2 Å². The fraction of sp³-hybridized carbons (Fsp3) is 0.385. The van der Waals surface area contributed by atoms with E-state index in [0.29, 0.717) is 12.1 Å². The van der Waals surface area contributed by atoms with Gasteiger partial charge < -0.3 is 15.1 Å². The number of amides is 2. The lowest BCUT2D eigenvalue weighted by atomic mass is 10.0. The van der Waals surface area contributed by atoms with Crippen molar-refractivity contribution in [2.24, 2.45) is 5.92 Å². The van der Waals surface area contributed by atoms with Gasteiger partial charge in [-0.25, -0.2) is 4.39 Å². The number of hydrogen-bond donors (Lipinski definition) is 1. The van der Waals surface area contributed by atoms with Crippen LogP contribution in [0, 0.1) is 11.7 Å². The van der Waals surface area contributed by atoms with E-state index in [0.717, 1.165) is 44.1 Å². The predicted molar refractivity (Wildman–Crippen MR) is 129 cm³/mol. The van der Waals surface area contributed by atoms with Crippen LogP contribution in [0.3, 0.4) is 0 Å². The van der Waals surface area contributed by atoms with Gasteiger partial charge in [-0.2, -0.15) is 0 Å². The summed E-state index contributed by atoms with van der Waals surface area (Å²) in [5, 5.41) is 3.18. The number of piperazine rings is 1. The van der Waals surface area contributed by atoms with Crippen LogP contribution in [0.2, 0.25) is 0 Å². The fourth-order valence-corrected chi connectivity index (χ4v) is 4.33. The maximum atomic E-state index is 13.5. The number of anilines is 2. The molecule has 0 atom stereocenters. The highest BCUT2D eigenvalue weighted by Gasteiger charge is 2.39. The Kier molecular flexibility index (Phi) is 6.79. The highest BCUT2D eigenvalue weighted by molar-refractivity contribution is 6.36. The van der Waals surface area contributed by atoms with Crippen LogP contribution in [0.1, 0.15) is 26.3 Å². The van der Waals surface area contributed by atoms with E-state index in [1.165, 1.54) is 29.2 Å². The molecular weight excluding hydrogens is 419 g/mol. The largest absolute Gasteiger partial charge is 0.369 e. The van der Waals surface area contributed by atoms with Gasteiger partial charge in [0, 0.05) is 44.1 Å². The molecule has 0 aromatic heterocycles. The molecule has 6 nitrogen and oxygen atoms in total. The number of carbonyl (C=O) groups is 2. The molecule has 2 aliphatic rings. The predicted octanol–water partition coefficient (Wildman–Crippen LogP) is 3.82. The smallest absolute Gasteiger partial charge is 0.278 e. The lowest BCUT2D eigenvalue weighted by molar-refractivity contribution is -0.137.